The molecule has 0 bridgehead atoms. The van der Waals surface area contributed by atoms with E-state index in [1.54, 1.807) is 6.26 Å². The largest absolute Gasteiger partial charge is 0.458 e. The predicted molar refractivity (Wildman–Crippen MR) is 137 cm³/mol. The van der Waals surface area contributed by atoms with Gasteiger partial charge in [-0.25, -0.2) is 0 Å². The van der Waals surface area contributed by atoms with Crippen LogP contribution in [0, 0.1) is 5.92 Å². The number of thioether (sulfide) groups is 1. The third-order valence-electron chi connectivity index (χ3n) is 6.65. The summed E-state index contributed by atoms with van der Waals surface area (Å²) in [5.74, 6) is -3.01. The number of nitrogens with one attached hydrogen (secondary N) is 1. The van der Waals surface area contributed by atoms with E-state index in [4.69, 9.17) is 23.7 Å². The molecule has 0 aromatic heterocycles. The van der Waals surface area contributed by atoms with Gasteiger partial charge in [-0.3, -0.25) is 28.9 Å². The van der Waals surface area contributed by atoms with Crippen LogP contribution in [0.1, 0.15) is 60.8 Å². The Hall–Kier alpha value is -2.38. The van der Waals surface area contributed by atoms with Crippen molar-refractivity contribution in [2.45, 2.75) is 102 Å². The molecule has 1 N–H and O–H groups in total. The zero-order valence-corrected chi connectivity index (χ0v) is 24.1. The molecule has 12 nitrogen and oxygen atoms in total. The Kier molecular flexibility index (Phi) is 11.4. The number of nitrogens with zero attached hydrogens (tertiary/aromatic N) is 1. The van der Waals surface area contributed by atoms with Gasteiger partial charge >= 0.3 is 23.9 Å². The van der Waals surface area contributed by atoms with Gasteiger partial charge in [0.1, 0.15) is 5.44 Å². The fourth-order valence-electron chi connectivity index (χ4n) is 5.22. The molecule has 0 saturated carbocycles. The molecule has 0 spiro atoms. The molecule has 38 heavy (non-hydrogen) atoms. The van der Waals surface area contributed by atoms with Gasteiger partial charge < -0.3 is 29.0 Å². The molecular weight excluding hydrogens is 520 g/mol. The summed E-state index contributed by atoms with van der Waals surface area (Å²) in [6.45, 7) is 8.94. The Balaban J connectivity index is 2.64. The van der Waals surface area contributed by atoms with Gasteiger partial charge in [0.25, 0.3) is 0 Å². The number of esters is 4. The van der Waals surface area contributed by atoms with E-state index in [2.05, 4.69) is 12.2 Å². The highest BCUT2D eigenvalue weighted by Crippen LogP contribution is 2.41. The average Bonchev–Trinajstić information content (AvgIpc) is 3.16. The van der Waals surface area contributed by atoms with Crippen molar-refractivity contribution >= 4 is 41.5 Å². The first-order chi connectivity index (χ1) is 17.7. The number of rotatable bonds is 10. The number of carbonyl (C=O) groups excluding carboxylic acids is 5. The van der Waals surface area contributed by atoms with E-state index >= 15 is 0 Å². The molecule has 2 saturated heterocycles. The van der Waals surface area contributed by atoms with Crippen LogP contribution in [0.3, 0.4) is 0 Å². The molecule has 1 amide bonds. The summed E-state index contributed by atoms with van der Waals surface area (Å²) in [5, 5.41) is 2.87. The molecule has 13 heteroatoms. The van der Waals surface area contributed by atoms with Gasteiger partial charge in [0.2, 0.25) is 11.6 Å². The maximum absolute atomic E-state index is 13.8. The van der Waals surface area contributed by atoms with Crippen molar-refractivity contribution in [3.63, 3.8) is 0 Å². The van der Waals surface area contributed by atoms with Crippen molar-refractivity contribution in [3.05, 3.63) is 0 Å². The second-order valence-electron chi connectivity index (χ2n) is 9.78. The van der Waals surface area contributed by atoms with Crippen LogP contribution >= 0.6 is 11.8 Å². The molecule has 8 atom stereocenters. The zero-order valence-electron chi connectivity index (χ0n) is 23.3. The molecule has 0 aromatic rings. The number of hydrogen-bond acceptors (Lipinski definition) is 12. The quantitative estimate of drug-likeness (QED) is 0.304. The first-order valence-corrected chi connectivity index (χ1v) is 14.0. The van der Waals surface area contributed by atoms with Gasteiger partial charge in [-0.1, -0.05) is 13.3 Å². The van der Waals surface area contributed by atoms with Crippen molar-refractivity contribution in [1.82, 2.24) is 10.2 Å². The van der Waals surface area contributed by atoms with Gasteiger partial charge in [-0.2, -0.15) is 0 Å². The molecule has 2 aliphatic rings. The summed E-state index contributed by atoms with van der Waals surface area (Å²) in [7, 11) is 1.84. The van der Waals surface area contributed by atoms with Crippen LogP contribution in [0.2, 0.25) is 0 Å². The second-order valence-corrected chi connectivity index (χ2v) is 10.7. The number of amides is 1. The van der Waals surface area contributed by atoms with E-state index in [9.17, 15) is 24.0 Å². The fraction of sp³-hybridized carbons (Fsp3) is 0.800. The molecule has 216 valence electrons. The normalized spacial score (nSPS) is 32.1. The Morgan fingerprint density at radius 1 is 1.00 bits per heavy atom. The van der Waals surface area contributed by atoms with Gasteiger partial charge in [0, 0.05) is 34.2 Å². The van der Waals surface area contributed by atoms with E-state index in [0.717, 1.165) is 45.0 Å². The van der Waals surface area contributed by atoms with Crippen LogP contribution in [0.5, 0.6) is 0 Å². The van der Waals surface area contributed by atoms with Crippen molar-refractivity contribution in [1.29, 1.82) is 0 Å². The van der Waals surface area contributed by atoms with Crippen LogP contribution < -0.4 is 5.32 Å². The Morgan fingerprint density at radius 3 is 2.08 bits per heavy atom. The molecule has 2 aliphatic heterocycles. The van der Waals surface area contributed by atoms with E-state index < -0.39 is 71.4 Å². The number of likely N-dealkylation sites (N-methyl/N-ethyl adjacent to an activating group) is 1. The van der Waals surface area contributed by atoms with Crippen molar-refractivity contribution < 1.29 is 47.7 Å². The van der Waals surface area contributed by atoms with E-state index in [1.807, 2.05) is 11.9 Å². The summed E-state index contributed by atoms with van der Waals surface area (Å²) in [6, 6.07) is -0.527. The first-order valence-electron chi connectivity index (χ1n) is 12.7. The standard InChI is InChI=1S/C25H40N2O10S/c1-9-10-18-11-19(27(7)12-18)23(32)26-25(13(2)33-14(3)28)22(36-17(6)31)20(34-15(4)29)21(35-16(5)30)24(37-25)38-8/h13,18-22,24H,9-12H2,1-8H3,(H,26,32)/t13-,18-,19-,20-,21+,22-,24+,25+/m1/s1. The lowest BCUT2D eigenvalue weighted by Crippen LogP contribution is -2.77. The Morgan fingerprint density at radius 2 is 1.58 bits per heavy atom. The summed E-state index contributed by atoms with van der Waals surface area (Å²) in [5.41, 5.74) is -2.98. The zero-order chi connectivity index (χ0) is 28.8. The maximum Gasteiger partial charge on any atom is 0.303 e. The first kappa shape index (κ1) is 31.8. The van der Waals surface area contributed by atoms with Gasteiger partial charge in [-0.15, -0.1) is 11.8 Å². The third kappa shape index (κ3) is 7.60. The SMILES string of the molecule is CCC[C@@H]1C[C@H](C(=O)N[C@@]2([C@@H](C)OC(C)=O)O[C@@H](SC)[C@@H](OC(C)=O)[C@@H](OC(C)=O)[C@H]2OC(C)=O)N(C)C1. The van der Waals surface area contributed by atoms with Crippen LogP contribution in [0.25, 0.3) is 0 Å². The topological polar surface area (TPSA) is 147 Å². The third-order valence-corrected chi connectivity index (χ3v) is 7.48. The van der Waals surface area contributed by atoms with Crippen LogP contribution in [-0.4, -0.2) is 96.2 Å². The lowest BCUT2D eigenvalue weighted by atomic mass is 9.88. The summed E-state index contributed by atoms with van der Waals surface area (Å²) in [4.78, 5) is 64.2. The number of hydrogen-bond donors (Lipinski definition) is 1. The predicted octanol–water partition coefficient (Wildman–Crippen LogP) is 1.39. The van der Waals surface area contributed by atoms with Crippen LogP contribution in [-0.2, 0) is 47.7 Å². The number of likely N-dealkylation sites (tertiary alicyclic amines) is 1. The average molecular weight is 561 g/mol. The van der Waals surface area contributed by atoms with Crippen LogP contribution in [0.4, 0.5) is 0 Å². The lowest BCUT2D eigenvalue weighted by Gasteiger charge is -2.52. The van der Waals surface area contributed by atoms with Gasteiger partial charge in [0.05, 0.1) is 6.04 Å². The minimum atomic E-state index is -1.98. The summed E-state index contributed by atoms with van der Waals surface area (Å²) < 4.78 is 28.5. The minimum absolute atomic E-state index is 0.320. The number of ether oxygens (including phenoxy) is 5. The Labute approximate surface area is 227 Å². The fourth-order valence-corrected chi connectivity index (χ4v) is 5.95. The molecule has 0 unspecified atom stereocenters. The van der Waals surface area contributed by atoms with E-state index in [-0.39, 0.29) is 0 Å². The molecule has 2 fully saturated rings. The van der Waals surface area contributed by atoms with Crippen molar-refractivity contribution in [2.75, 3.05) is 19.8 Å². The Bertz CT molecular complexity index is 901. The molecule has 2 rings (SSSR count). The van der Waals surface area contributed by atoms with Crippen molar-refractivity contribution in [2.24, 2.45) is 5.92 Å². The summed E-state index contributed by atoms with van der Waals surface area (Å²) in [6.07, 6.45) is -1.13. The van der Waals surface area contributed by atoms with Crippen molar-refractivity contribution in [3.8, 4) is 0 Å². The van der Waals surface area contributed by atoms with E-state index in [0.29, 0.717) is 12.3 Å². The highest BCUT2D eigenvalue weighted by Gasteiger charge is 2.64. The van der Waals surface area contributed by atoms with Gasteiger partial charge in [0.15, 0.2) is 24.4 Å². The molecule has 2 heterocycles. The molecule has 0 aliphatic carbocycles. The van der Waals surface area contributed by atoms with Crippen LogP contribution in [0.15, 0.2) is 0 Å². The lowest BCUT2D eigenvalue weighted by molar-refractivity contribution is -0.293. The minimum Gasteiger partial charge on any atom is -0.458 e. The molecular formula is C25H40N2O10S. The maximum atomic E-state index is 13.8. The van der Waals surface area contributed by atoms with E-state index in [1.165, 1.54) is 20.8 Å². The monoisotopic (exact) mass is 560 g/mol. The highest BCUT2D eigenvalue weighted by atomic mass is 32.2. The molecule has 0 aromatic carbocycles. The highest BCUT2D eigenvalue weighted by molar-refractivity contribution is 7.99. The molecule has 0 radical (unpaired) electrons. The number of carbonyl (C=O) groups is 5. The summed E-state index contributed by atoms with van der Waals surface area (Å²) >= 11 is 1.12. The van der Waals surface area contributed by atoms with Gasteiger partial charge in [-0.05, 0) is 39.0 Å². The second kappa shape index (κ2) is 13.6. The smallest absolute Gasteiger partial charge is 0.303 e.